The number of hydrogen-bond donors (Lipinski definition) is 1. The van der Waals surface area contributed by atoms with Crippen LogP contribution in [0.1, 0.15) is 28.7 Å². The molecule has 1 atom stereocenters. The van der Waals surface area contributed by atoms with Crippen molar-refractivity contribution in [2.24, 2.45) is 0 Å². The summed E-state index contributed by atoms with van der Waals surface area (Å²) in [6.45, 7) is 0.625. The SMILES string of the molecule is O=C(NCc1ccc2c(c1)OCO2)[C@H](Cc1ccccc1)N(Cc1ccc(F)cc1)C(=O)CCc1ccccc1. The first-order chi connectivity index (χ1) is 19.5. The first kappa shape index (κ1) is 26.9. The van der Waals surface area contributed by atoms with E-state index in [1.165, 1.54) is 12.1 Å². The van der Waals surface area contributed by atoms with Crippen LogP contribution in [-0.4, -0.2) is 29.5 Å². The largest absolute Gasteiger partial charge is 0.454 e. The van der Waals surface area contributed by atoms with Crippen molar-refractivity contribution in [2.75, 3.05) is 6.79 Å². The van der Waals surface area contributed by atoms with Crippen molar-refractivity contribution in [3.63, 3.8) is 0 Å². The Labute approximate surface area is 233 Å². The van der Waals surface area contributed by atoms with E-state index in [9.17, 15) is 14.0 Å². The second kappa shape index (κ2) is 12.9. The minimum Gasteiger partial charge on any atom is -0.454 e. The predicted octanol–water partition coefficient (Wildman–Crippen LogP) is 5.44. The maximum atomic E-state index is 13.8. The summed E-state index contributed by atoms with van der Waals surface area (Å²) in [5.41, 5.74) is 3.59. The Morgan fingerprint density at radius 3 is 2.15 bits per heavy atom. The van der Waals surface area contributed by atoms with Crippen molar-refractivity contribution in [3.8, 4) is 11.5 Å². The number of carbonyl (C=O) groups is 2. The molecule has 7 heteroatoms. The number of nitrogens with one attached hydrogen (secondary N) is 1. The lowest BCUT2D eigenvalue weighted by molar-refractivity contribution is -0.141. The van der Waals surface area contributed by atoms with E-state index in [4.69, 9.17) is 9.47 Å². The summed E-state index contributed by atoms with van der Waals surface area (Å²) in [6, 6.07) is 30.2. The Kier molecular flexibility index (Phi) is 8.71. The van der Waals surface area contributed by atoms with Crippen molar-refractivity contribution < 1.29 is 23.5 Å². The van der Waals surface area contributed by atoms with Gasteiger partial charge >= 0.3 is 0 Å². The Morgan fingerprint density at radius 2 is 1.43 bits per heavy atom. The van der Waals surface area contributed by atoms with Gasteiger partial charge in [0.15, 0.2) is 11.5 Å². The van der Waals surface area contributed by atoms with Gasteiger partial charge in [-0.15, -0.1) is 0 Å². The van der Waals surface area contributed by atoms with Gasteiger partial charge in [-0.2, -0.15) is 0 Å². The van der Waals surface area contributed by atoms with Crippen molar-refractivity contribution >= 4 is 11.8 Å². The van der Waals surface area contributed by atoms with Crippen LogP contribution in [0.4, 0.5) is 4.39 Å². The van der Waals surface area contributed by atoms with E-state index >= 15 is 0 Å². The molecule has 0 unspecified atom stereocenters. The highest BCUT2D eigenvalue weighted by molar-refractivity contribution is 5.88. The summed E-state index contributed by atoms with van der Waals surface area (Å²) in [4.78, 5) is 29.2. The van der Waals surface area contributed by atoms with E-state index in [2.05, 4.69) is 5.32 Å². The zero-order chi connectivity index (χ0) is 27.7. The van der Waals surface area contributed by atoms with E-state index in [1.54, 1.807) is 17.0 Å². The maximum absolute atomic E-state index is 13.8. The molecule has 4 aromatic rings. The molecule has 2 amide bonds. The van der Waals surface area contributed by atoms with Gasteiger partial charge in [-0.05, 0) is 52.9 Å². The van der Waals surface area contributed by atoms with Gasteiger partial charge in [0.05, 0.1) is 0 Å². The zero-order valence-corrected chi connectivity index (χ0v) is 22.1. The fraction of sp³-hybridized carbons (Fsp3) is 0.212. The van der Waals surface area contributed by atoms with E-state index < -0.39 is 6.04 Å². The van der Waals surface area contributed by atoms with Crippen LogP contribution in [-0.2, 0) is 35.5 Å². The normalized spacial score (nSPS) is 12.5. The molecule has 1 heterocycles. The van der Waals surface area contributed by atoms with Crippen molar-refractivity contribution in [3.05, 3.63) is 131 Å². The number of carbonyl (C=O) groups excluding carboxylic acids is 2. The minimum absolute atomic E-state index is 0.146. The average molecular weight is 539 g/mol. The van der Waals surface area contributed by atoms with Crippen molar-refractivity contribution in [1.29, 1.82) is 0 Å². The molecule has 0 radical (unpaired) electrons. The third-order valence-corrected chi connectivity index (χ3v) is 6.91. The highest BCUT2D eigenvalue weighted by atomic mass is 19.1. The molecule has 1 aliphatic rings. The first-order valence-electron chi connectivity index (χ1n) is 13.3. The highest BCUT2D eigenvalue weighted by Crippen LogP contribution is 2.32. The molecule has 1 N–H and O–H groups in total. The Morgan fingerprint density at radius 1 is 0.775 bits per heavy atom. The molecule has 0 fully saturated rings. The molecule has 1 aliphatic heterocycles. The molecule has 0 aromatic heterocycles. The number of hydrogen-bond acceptors (Lipinski definition) is 4. The van der Waals surface area contributed by atoms with Crippen LogP contribution in [0.15, 0.2) is 103 Å². The van der Waals surface area contributed by atoms with E-state index in [-0.39, 0.29) is 43.9 Å². The summed E-state index contributed by atoms with van der Waals surface area (Å²) >= 11 is 0. The van der Waals surface area contributed by atoms with E-state index in [0.29, 0.717) is 24.3 Å². The van der Waals surface area contributed by atoms with Gasteiger partial charge in [-0.25, -0.2) is 4.39 Å². The number of benzene rings is 4. The van der Waals surface area contributed by atoms with E-state index in [1.807, 2.05) is 78.9 Å². The van der Waals surface area contributed by atoms with Gasteiger partial charge in [-0.3, -0.25) is 9.59 Å². The minimum atomic E-state index is -0.773. The maximum Gasteiger partial charge on any atom is 0.243 e. The number of rotatable bonds is 11. The van der Waals surface area contributed by atoms with Gasteiger partial charge < -0.3 is 19.7 Å². The third-order valence-electron chi connectivity index (χ3n) is 6.91. The lowest BCUT2D eigenvalue weighted by Crippen LogP contribution is -2.50. The standard InChI is InChI=1S/C33H31FN2O4/c34-28-15-11-26(12-16-28)22-36(32(37)18-14-24-7-3-1-4-8-24)29(19-25-9-5-2-6-10-25)33(38)35-21-27-13-17-30-31(20-27)40-23-39-30/h1-13,15-17,20,29H,14,18-19,21-23H2,(H,35,38)/t29-/m0/s1. The van der Waals surface area contributed by atoms with Crippen LogP contribution in [0.2, 0.25) is 0 Å². The number of aryl methyl sites for hydroxylation is 1. The van der Waals surface area contributed by atoms with E-state index in [0.717, 1.165) is 22.3 Å². The average Bonchev–Trinajstić information content (AvgIpc) is 3.46. The van der Waals surface area contributed by atoms with Crippen molar-refractivity contribution in [1.82, 2.24) is 10.2 Å². The fourth-order valence-corrected chi connectivity index (χ4v) is 4.74. The molecule has 204 valence electrons. The molecule has 0 saturated carbocycles. The fourth-order valence-electron chi connectivity index (χ4n) is 4.74. The number of amides is 2. The molecule has 6 nitrogen and oxygen atoms in total. The Bertz CT molecular complexity index is 1430. The van der Waals surface area contributed by atoms with Crippen LogP contribution in [0.3, 0.4) is 0 Å². The molecular formula is C33H31FN2O4. The number of ether oxygens (including phenoxy) is 2. The zero-order valence-electron chi connectivity index (χ0n) is 22.1. The Balaban J connectivity index is 1.39. The molecule has 0 spiro atoms. The number of halogens is 1. The summed E-state index contributed by atoms with van der Waals surface area (Å²) in [6.07, 6.45) is 1.13. The quantitative estimate of drug-likeness (QED) is 0.276. The summed E-state index contributed by atoms with van der Waals surface area (Å²) in [5, 5.41) is 3.03. The number of fused-ring (bicyclic) bond motifs is 1. The Hall–Kier alpha value is -4.65. The van der Waals surface area contributed by atoms with Crippen LogP contribution in [0, 0.1) is 5.82 Å². The number of nitrogens with zero attached hydrogens (tertiary/aromatic N) is 1. The third kappa shape index (κ3) is 7.05. The molecule has 40 heavy (non-hydrogen) atoms. The van der Waals surface area contributed by atoms with Gasteiger partial charge in [0, 0.05) is 25.9 Å². The first-order valence-corrected chi connectivity index (χ1v) is 13.3. The lowest BCUT2D eigenvalue weighted by Gasteiger charge is -2.32. The second-order valence-electron chi connectivity index (χ2n) is 9.74. The molecule has 0 saturated heterocycles. The summed E-state index contributed by atoms with van der Waals surface area (Å²) in [7, 11) is 0. The predicted molar refractivity (Wildman–Crippen MR) is 150 cm³/mol. The highest BCUT2D eigenvalue weighted by Gasteiger charge is 2.30. The summed E-state index contributed by atoms with van der Waals surface area (Å²) < 4.78 is 24.5. The van der Waals surface area contributed by atoms with Crippen LogP contribution in [0.5, 0.6) is 11.5 Å². The second-order valence-corrected chi connectivity index (χ2v) is 9.74. The molecule has 5 rings (SSSR count). The van der Waals surface area contributed by atoms with Gasteiger partial charge in [-0.1, -0.05) is 78.9 Å². The smallest absolute Gasteiger partial charge is 0.243 e. The molecular weight excluding hydrogens is 507 g/mol. The van der Waals surface area contributed by atoms with Gasteiger partial charge in [0.25, 0.3) is 0 Å². The van der Waals surface area contributed by atoms with Gasteiger partial charge in [0.2, 0.25) is 18.6 Å². The topological polar surface area (TPSA) is 67.9 Å². The summed E-state index contributed by atoms with van der Waals surface area (Å²) in [5.74, 6) is 0.546. The van der Waals surface area contributed by atoms with Crippen LogP contribution < -0.4 is 14.8 Å². The lowest BCUT2D eigenvalue weighted by atomic mass is 10.0. The van der Waals surface area contributed by atoms with Gasteiger partial charge in [0.1, 0.15) is 11.9 Å². The molecule has 4 aromatic carbocycles. The molecule has 0 bridgehead atoms. The molecule has 0 aliphatic carbocycles. The van der Waals surface area contributed by atoms with Crippen molar-refractivity contribution in [2.45, 2.75) is 38.4 Å². The van der Waals surface area contributed by atoms with Crippen LogP contribution in [0.25, 0.3) is 0 Å². The van der Waals surface area contributed by atoms with Crippen LogP contribution >= 0.6 is 0 Å². The monoisotopic (exact) mass is 538 g/mol.